The average Bonchev–Trinajstić information content (AvgIpc) is 2.08. The second-order valence-electron chi connectivity index (χ2n) is 1.46. The molecule has 50 valence electrons. The number of hydrogen-bond donors (Lipinski definition) is 0. The van der Waals surface area contributed by atoms with Crippen molar-refractivity contribution in [2.24, 2.45) is 0 Å². The van der Waals surface area contributed by atoms with Crippen molar-refractivity contribution in [2.45, 2.75) is 0 Å². The van der Waals surface area contributed by atoms with Gasteiger partial charge in [0.15, 0.2) is 0 Å². The molecular formula is C4H4FNO2S. The zero-order chi connectivity index (χ0) is 6.91. The van der Waals surface area contributed by atoms with Gasteiger partial charge >= 0.3 is 10.4 Å². The minimum atomic E-state index is -4.54. The van der Waals surface area contributed by atoms with Crippen LogP contribution in [0.25, 0.3) is 0 Å². The van der Waals surface area contributed by atoms with E-state index in [9.17, 15) is 12.3 Å². The predicted molar refractivity (Wildman–Crippen MR) is 29.9 cm³/mol. The van der Waals surface area contributed by atoms with Crippen LogP contribution in [0, 0.1) is 0 Å². The van der Waals surface area contributed by atoms with Crippen molar-refractivity contribution in [1.82, 2.24) is 3.97 Å². The fourth-order valence-electron chi connectivity index (χ4n) is 0.464. The maximum Gasteiger partial charge on any atom is 0.402 e. The van der Waals surface area contributed by atoms with Gasteiger partial charge in [-0.1, -0.05) is 3.89 Å². The zero-order valence-corrected chi connectivity index (χ0v) is 5.18. The molecular weight excluding hydrogens is 145 g/mol. The van der Waals surface area contributed by atoms with E-state index in [-0.39, 0.29) is 0 Å². The monoisotopic (exact) mass is 149 g/mol. The number of aromatic nitrogens is 1. The molecule has 0 atom stereocenters. The van der Waals surface area contributed by atoms with E-state index in [1.54, 1.807) is 0 Å². The molecule has 0 bridgehead atoms. The van der Waals surface area contributed by atoms with Gasteiger partial charge in [0.1, 0.15) is 0 Å². The van der Waals surface area contributed by atoms with Crippen molar-refractivity contribution in [3.05, 3.63) is 24.5 Å². The van der Waals surface area contributed by atoms with Crippen molar-refractivity contribution in [2.75, 3.05) is 0 Å². The molecule has 0 spiro atoms. The zero-order valence-electron chi connectivity index (χ0n) is 4.36. The molecule has 1 aromatic heterocycles. The third-order valence-electron chi connectivity index (χ3n) is 0.829. The number of halogens is 1. The maximum atomic E-state index is 11.9. The highest BCUT2D eigenvalue weighted by molar-refractivity contribution is 7.84. The van der Waals surface area contributed by atoms with Crippen molar-refractivity contribution >= 4 is 10.4 Å². The van der Waals surface area contributed by atoms with Crippen LogP contribution in [-0.2, 0) is 10.4 Å². The first kappa shape index (κ1) is 6.28. The van der Waals surface area contributed by atoms with Crippen LogP contribution in [-0.4, -0.2) is 12.4 Å². The molecule has 0 amide bonds. The molecule has 0 radical (unpaired) electrons. The van der Waals surface area contributed by atoms with Crippen molar-refractivity contribution in [3.8, 4) is 0 Å². The van der Waals surface area contributed by atoms with E-state index in [0.29, 0.717) is 3.97 Å². The lowest BCUT2D eigenvalue weighted by molar-refractivity contribution is 0.541. The van der Waals surface area contributed by atoms with Gasteiger partial charge in [-0.3, -0.25) is 0 Å². The summed E-state index contributed by atoms with van der Waals surface area (Å²) in [5, 5.41) is 0. The molecule has 1 rings (SSSR count). The topological polar surface area (TPSA) is 39.1 Å². The molecule has 3 nitrogen and oxygen atoms in total. The van der Waals surface area contributed by atoms with E-state index in [0.717, 1.165) is 12.4 Å². The van der Waals surface area contributed by atoms with E-state index >= 15 is 0 Å². The van der Waals surface area contributed by atoms with E-state index in [1.165, 1.54) is 12.1 Å². The van der Waals surface area contributed by atoms with Gasteiger partial charge in [-0.05, 0) is 12.1 Å². The second-order valence-corrected chi connectivity index (χ2v) is 2.70. The van der Waals surface area contributed by atoms with Gasteiger partial charge in [-0.15, -0.1) is 0 Å². The predicted octanol–water partition coefficient (Wildman–Crippen LogP) is 0.551. The molecule has 9 heavy (non-hydrogen) atoms. The molecule has 0 aromatic carbocycles. The summed E-state index contributed by atoms with van der Waals surface area (Å²) in [6, 6.07) is 2.86. The highest BCUT2D eigenvalue weighted by Gasteiger charge is 2.05. The van der Waals surface area contributed by atoms with E-state index in [4.69, 9.17) is 0 Å². The standard InChI is InChI=1S/C4H4FNO2S/c5-9(7,8)6-3-1-2-4-6/h1-4H. The summed E-state index contributed by atoms with van der Waals surface area (Å²) >= 11 is 0. The van der Waals surface area contributed by atoms with E-state index < -0.39 is 10.4 Å². The largest absolute Gasteiger partial charge is 0.402 e. The van der Waals surface area contributed by atoms with Gasteiger partial charge in [-0.2, -0.15) is 8.42 Å². The van der Waals surface area contributed by atoms with Gasteiger partial charge in [0, 0.05) is 12.4 Å². The second kappa shape index (κ2) is 1.84. The Morgan fingerprint density at radius 3 is 1.89 bits per heavy atom. The number of nitrogens with zero attached hydrogens (tertiary/aromatic N) is 1. The van der Waals surface area contributed by atoms with E-state index in [2.05, 4.69) is 0 Å². The molecule has 0 unspecified atom stereocenters. The average molecular weight is 149 g/mol. The van der Waals surface area contributed by atoms with Crippen LogP contribution in [0.3, 0.4) is 0 Å². The lowest BCUT2D eigenvalue weighted by atomic mass is 10.7. The Balaban J connectivity index is 3.20. The van der Waals surface area contributed by atoms with Gasteiger partial charge < -0.3 is 0 Å². The van der Waals surface area contributed by atoms with Crippen molar-refractivity contribution < 1.29 is 12.3 Å². The first-order valence-electron chi connectivity index (χ1n) is 2.19. The smallest absolute Gasteiger partial charge is 0.227 e. The first-order valence-corrected chi connectivity index (χ1v) is 3.53. The SMILES string of the molecule is O=S(=O)(F)n1cccc1. The van der Waals surface area contributed by atoms with Crippen LogP contribution in [0.4, 0.5) is 3.89 Å². The Kier molecular flexibility index (Phi) is 1.28. The molecule has 1 aromatic rings. The summed E-state index contributed by atoms with van der Waals surface area (Å²) in [5.74, 6) is 0. The quantitative estimate of drug-likeness (QED) is 0.547. The molecule has 5 heteroatoms. The Morgan fingerprint density at radius 1 is 1.22 bits per heavy atom. The summed E-state index contributed by atoms with van der Waals surface area (Å²) < 4.78 is 32.4. The molecule has 0 aliphatic rings. The summed E-state index contributed by atoms with van der Waals surface area (Å²) in [6.07, 6.45) is 2.24. The highest BCUT2D eigenvalue weighted by Crippen LogP contribution is 1.97. The number of hydrogen-bond acceptors (Lipinski definition) is 2. The van der Waals surface area contributed by atoms with Crippen LogP contribution in [0.2, 0.25) is 0 Å². The third-order valence-corrected chi connectivity index (χ3v) is 1.58. The third kappa shape index (κ3) is 1.29. The van der Waals surface area contributed by atoms with E-state index in [1.807, 2.05) is 0 Å². The van der Waals surface area contributed by atoms with Crippen LogP contribution < -0.4 is 0 Å². The minimum Gasteiger partial charge on any atom is -0.227 e. The van der Waals surface area contributed by atoms with Gasteiger partial charge in [0.05, 0.1) is 0 Å². The molecule has 0 N–H and O–H groups in total. The lowest BCUT2D eigenvalue weighted by Crippen LogP contribution is -2.01. The Hall–Kier alpha value is -0.840. The molecule has 0 aliphatic heterocycles. The maximum absolute atomic E-state index is 11.9. The van der Waals surface area contributed by atoms with Gasteiger partial charge in [0.2, 0.25) is 0 Å². The van der Waals surface area contributed by atoms with Crippen LogP contribution >= 0.6 is 0 Å². The molecule has 0 fully saturated rings. The minimum absolute atomic E-state index is 0.493. The van der Waals surface area contributed by atoms with Gasteiger partial charge in [0.25, 0.3) is 0 Å². The van der Waals surface area contributed by atoms with Crippen molar-refractivity contribution in [1.29, 1.82) is 0 Å². The Bertz CT molecular complexity index is 276. The Labute approximate surface area is 52.1 Å². The normalized spacial score (nSPS) is 11.7. The highest BCUT2D eigenvalue weighted by atomic mass is 32.3. The van der Waals surface area contributed by atoms with Crippen LogP contribution in [0.15, 0.2) is 24.5 Å². The fraction of sp³-hybridized carbons (Fsp3) is 0. The first-order chi connectivity index (χ1) is 4.11. The molecule has 0 aliphatic carbocycles. The summed E-state index contributed by atoms with van der Waals surface area (Å²) in [4.78, 5) is 0. The Morgan fingerprint density at radius 2 is 1.67 bits per heavy atom. The number of rotatable bonds is 1. The summed E-state index contributed by atoms with van der Waals surface area (Å²) in [7, 11) is -4.54. The molecule has 0 saturated heterocycles. The van der Waals surface area contributed by atoms with Gasteiger partial charge in [-0.25, -0.2) is 3.97 Å². The molecule has 1 heterocycles. The molecule has 0 saturated carbocycles. The lowest BCUT2D eigenvalue weighted by Gasteiger charge is -1.89. The van der Waals surface area contributed by atoms with Crippen LogP contribution in [0.5, 0.6) is 0 Å². The van der Waals surface area contributed by atoms with Crippen molar-refractivity contribution in [3.63, 3.8) is 0 Å². The summed E-state index contributed by atoms with van der Waals surface area (Å²) in [6.45, 7) is 0. The fourth-order valence-corrected chi connectivity index (χ4v) is 0.895. The summed E-state index contributed by atoms with van der Waals surface area (Å²) in [5.41, 5.74) is 0. The van der Waals surface area contributed by atoms with Crippen LogP contribution in [0.1, 0.15) is 0 Å².